The molecule has 1 aromatic rings. The molecular weight excluding hydrogens is 358 g/mol. The molecule has 8 nitrogen and oxygen atoms in total. The molecule has 1 amide bonds. The van der Waals surface area contributed by atoms with Gasteiger partial charge in [-0.1, -0.05) is 6.07 Å². The van der Waals surface area contributed by atoms with Crippen LogP contribution in [0.3, 0.4) is 0 Å². The Morgan fingerprint density at radius 3 is 2.69 bits per heavy atom. The number of benzene rings is 1. The number of nitrogens with one attached hydrogen (secondary N) is 3. The standard InChI is InChI=1S/C17H27N3O5S/c1-13(21)18-10-14-5-6-15(25-3)16(9-14)26(22,23)20-11-17(12-24-2)7-4-8-19-17/h5-6,9,19-20H,4,7-8,10-12H2,1-3H3,(H,18,21). The lowest BCUT2D eigenvalue weighted by atomic mass is 9.99. The second kappa shape index (κ2) is 8.81. The van der Waals surface area contributed by atoms with Crippen LogP contribution in [0, 0.1) is 0 Å². The van der Waals surface area contributed by atoms with E-state index in [-0.39, 0.29) is 29.6 Å². The van der Waals surface area contributed by atoms with Crippen LogP contribution in [0.25, 0.3) is 0 Å². The van der Waals surface area contributed by atoms with Crippen LogP contribution in [-0.4, -0.2) is 53.8 Å². The minimum absolute atomic E-state index is 0.0495. The number of ether oxygens (including phenoxy) is 2. The van der Waals surface area contributed by atoms with Crippen molar-refractivity contribution in [1.29, 1.82) is 0 Å². The van der Waals surface area contributed by atoms with Gasteiger partial charge < -0.3 is 20.1 Å². The summed E-state index contributed by atoms with van der Waals surface area (Å²) in [4.78, 5) is 11.1. The van der Waals surface area contributed by atoms with Gasteiger partial charge in [0.25, 0.3) is 0 Å². The number of methoxy groups -OCH3 is 2. The monoisotopic (exact) mass is 385 g/mol. The fraction of sp³-hybridized carbons (Fsp3) is 0.588. The van der Waals surface area contributed by atoms with Crippen LogP contribution in [0.4, 0.5) is 0 Å². The van der Waals surface area contributed by atoms with Crippen LogP contribution in [0.15, 0.2) is 23.1 Å². The van der Waals surface area contributed by atoms with Gasteiger partial charge in [0, 0.05) is 27.1 Å². The van der Waals surface area contributed by atoms with Crippen LogP contribution in [-0.2, 0) is 26.1 Å². The van der Waals surface area contributed by atoms with Gasteiger partial charge in [-0.15, -0.1) is 0 Å². The zero-order valence-electron chi connectivity index (χ0n) is 15.4. The van der Waals surface area contributed by atoms with Crippen molar-refractivity contribution >= 4 is 15.9 Å². The van der Waals surface area contributed by atoms with Crippen LogP contribution in [0.2, 0.25) is 0 Å². The summed E-state index contributed by atoms with van der Waals surface area (Å²) in [6.45, 7) is 3.14. The van der Waals surface area contributed by atoms with Crippen molar-refractivity contribution < 1.29 is 22.7 Å². The molecule has 0 spiro atoms. The molecule has 1 aliphatic rings. The Morgan fingerprint density at radius 2 is 2.12 bits per heavy atom. The minimum atomic E-state index is -3.79. The van der Waals surface area contributed by atoms with E-state index in [2.05, 4.69) is 15.4 Å². The first-order valence-corrected chi connectivity index (χ1v) is 9.95. The number of hydrogen-bond acceptors (Lipinski definition) is 6. The maximum absolute atomic E-state index is 12.9. The fourth-order valence-electron chi connectivity index (χ4n) is 3.05. The van der Waals surface area contributed by atoms with Crippen molar-refractivity contribution in [2.24, 2.45) is 0 Å². The molecule has 1 saturated heterocycles. The van der Waals surface area contributed by atoms with Crippen molar-refractivity contribution in [2.45, 2.75) is 36.7 Å². The minimum Gasteiger partial charge on any atom is -0.495 e. The van der Waals surface area contributed by atoms with Crippen molar-refractivity contribution in [1.82, 2.24) is 15.4 Å². The van der Waals surface area contributed by atoms with Gasteiger partial charge in [0.1, 0.15) is 10.6 Å². The normalized spacial score (nSPS) is 20.1. The van der Waals surface area contributed by atoms with E-state index in [0.717, 1.165) is 19.4 Å². The summed E-state index contributed by atoms with van der Waals surface area (Å²) >= 11 is 0. The highest BCUT2D eigenvalue weighted by atomic mass is 32.2. The van der Waals surface area contributed by atoms with Gasteiger partial charge in [0.05, 0.1) is 19.3 Å². The zero-order valence-corrected chi connectivity index (χ0v) is 16.2. The summed E-state index contributed by atoms with van der Waals surface area (Å²) in [6.07, 6.45) is 1.81. The third-order valence-corrected chi connectivity index (χ3v) is 5.83. The molecule has 1 heterocycles. The molecule has 0 aromatic heterocycles. The third-order valence-electron chi connectivity index (χ3n) is 4.41. The Labute approximate surface area is 154 Å². The van der Waals surface area contributed by atoms with Crippen LogP contribution >= 0.6 is 0 Å². The van der Waals surface area contributed by atoms with E-state index in [1.165, 1.54) is 20.1 Å². The maximum atomic E-state index is 12.9. The SMILES string of the molecule is COCC1(CNS(=O)(=O)c2cc(CNC(C)=O)ccc2OC)CCCN1. The van der Waals surface area contributed by atoms with E-state index < -0.39 is 15.6 Å². The molecule has 1 atom stereocenters. The highest BCUT2D eigenvalue weighted by Gasteiger charge is 2.35. The van der Waals surface area contributed by atoms with Crippen molar-refractivity contribution in [3.63, 3.8) is 0 Å². The summed E-state index contributed by atoms with van der Waals surface area (Å²) in [5, 5.41) is 5.99. The highest BCUT2D eigenvalue weighted by Crippen LogP contribution is 2.26. The summed E-state index contributed by atoms with van der Waals surface area (Å²) < 4.78 is 38.9. The molecule has 0 aliphatic carbocycles. The van der Waals surface area contributed by atoms with Crippen LogP contribution in [0.1, 0.15) is 25.3 Å². The molecule has 1 aliphatic heterocycles. The van der Waals surface area contributed by atoms with E-state index in [1.54, 1.807) is 19.2 Å². The number of amides is 1. The Morgan fingerprint density at radius 1 is 1.35 bits per heavy atom. The van der Waals surface area contributed by atoms with Crippen LogP contribution in [0.5, 0.6) is 5.75 Å². The Bertz CT molecular complexity index is 730. The first kappa shape index (κ1) is 20.6. The Hall–Kier alpha value is -1.68. The molecular formula is C17H27N3O5S. The Kier molecular flexibility index (Phi) is 6.99. The lowest BCUT2D eigenvalue weighted by Crippen LogP contribution is -2.52. The lowest BCUT2D eigenvalue weighted by Gasteiger charge is -2.29. The maximum Gasteiger partial charge on any atom is 0.244 e. The summed E-state index contributed by atoms with van der Waals surface area (Å²) in [5.41, 5.74) is 0.273. The van der Waals surface area contributed by atoms with Crippen molar-refractivity contribution in [3.05, 3.63) is 23.8 Å². The highest BCUT2D eigenvalue weighted by molar-refractivity contribution is 7.89. The molecule has 0 bridgehead atoms. The molecule has 0 radical (unpaired) electrons. The largest absolute Gasteiger partial charge is 0.495 e. The molecule has 9 heteroatoms. The fourth-order valence-corrected chi connectivity index (χ4v) is 4.39. The van der Waals surface area contributed by atoms with Gasteiger partial charge in [-0.25, -0.2) is 13.1 Å². The number of hydrogen-bond donors (Lipinski definition) is 3. The van der Waals surface area contributed by atoms with E-state index in [0.29, 0.717) is 12.2 Å². The summed E-state index contributed by atoms with van der Waals surface area (Å²) in [5.74, 6) is 0.0708. The number of rotatable bonds is 9. The second-order valence-electron chi connectivity index (χ2n) is 6.46. The topological polar surface area (TPSA) is 106 Å². The van der Waals surface area contributed by atoms with Crippen LogP contribution < -0.4 is 20.1 Å². The van der Waals surface area contributed by atoms with E-state index in [9.17, 15) is 13.2 Å². The molecule has 1 unspecified atom stereocenters. The molecule has 0 saturated carbocycles. The smallest absolute Gasteiger partial charge is 0.244 e. The molecule has 1 fully saturated rings. The van der Waals surface area contributed by atoms with E-state index >= 15 is 0 Å². The molecule has 26 heavy (non-hydrogen) atoms. The van der Waals surface area contributed by atoms with Gasteiger partial charge in [-0.2, -0.15) is 0 Å². The lowest BCUT2D eigenvalue weighted by molar-refractivity contribution is -0.119. The number of carbonyl (C=O) groups excluding carboxylic acids is 1. The third kappa shape index (κ3) is 5.16. The first-order valence-electron chi connectivity index (χ1n) is 8.47. The summed E-state index contributed by atoms with van der Waals surface area (Å²) in [6, 6.07) is 4.82. The molecule has 2 rings (SSSR count). The van der Waals surface area contributed by atoms with Gasteiger partial charge >= 0.3 is 0 Å². The van der Waals surface area contributed by atoms with Gasteiger partial charge in [0.15, 0.2) is 0 Å². The second-order valence-corrected chi connectivity index (χ2v) is 8.20. The average Bonchev–Trinajstić information content (AvgIpc) is 3.07. The summed E-state index contributed by atoms with van der Waals surface area (Å²) in [7, 11) is -0.766. The van der Waals surface area contributed by atoms with Crippen molar-refractivity contribution in [3.8, 4) is 5.75 Å². The Balaban J connectivity index is 2.20. The first-order chi connectivity index (χ1) is 12.3. The average molecular weight is 385 g/mol. The van der Waals surface area contributed by atoms with E-state index in [1.807, 2.05) is 0 Å². The van der Waals surface area contributed by atoms with Crippen molar-refractivity contribution in [2.75, 3.05) is 33.9 Å². The number of sulfonamides is 1. The predicted molar refractivity (Wildman–Crippen MR) is 97.5 cm³/mol. The zero-order chi connectivity index (χ0) is 19.2. The van der Waals surface area contributed by atoms with Gasteiger partial charge in [0.2, 0.25) is 15.9 Å². The number of carbonyl (C=O) groups is 1. The molecule has 3 N–H and O–H groups in total. The quantitative estimate of drug-likeness (QED) is 0.567. The molecule has 146 valence electrons. The van der Waals surface area contributed by atoms with Gasteiger partial charge in [-0.3, -0.25) is 4.79 Å². The van der Waals surface area contributed by atoms with Gasteiger partial charge in [-0.05, 0) is 37.1 Å². The van der Waals surface area contributed by atoms with E-state index in [4.69, 9.17) is 9.47 Å². The predicted octanol–water partition coefficient (Wildman–Crippen LogP) is 0.378. The molecule has 1 aromatic carbocycles.